The molecular formula is C18H18BrF3N2O2. The van der Waals surface area contributed by atoms with Crippen LogP contribution in [0.2, 0.25) is 0 Å². The third-order valence-electron chi connectivity index (χ3n) is 3.96. The fourth-order valence-electron chi connectivity index (χ4n) is 2.76. The van der Waals surface area contributed by atoms with Crippen LogP contribution < -0.4 is 4.74 Å². The summed E-state index contributed by atoms with van der Waals surface area (Å²) in [4.78, 5) is 6.19. The lowest BCUT2D eigenvalue weighted by Gasteiger charge is -2.33. The molecule has 1 saturated heterocycles. The quantitative estimate of drug-likeness (QED) is 0.705. The topological polar surface area (TPSA) is 34.6 Å². The molecule has 2 aromatic rings. The highest BCUT2D eigenvalue weighted by atomic mass is 79.9. The molecular weight excluding hydrogens is 413 g/mol. The Morgan fingerprint density at radius 1 is 1.27 bits per heavy atom. The summed E-state index contributed by atoms with van der Waals surface area (Å²) in [6.07, 6.45) is -2.83. The van der Waals surface area contributed by atoms with Crippen LogP contribution in [0.15, 0.2) is 47.1 Å². The van der Waals surface area contributed by atoms with Gasteiger partial charge in [-0.1, -0.05) is 34.1 Å². The molecule has 0 unspecified atom stereocenters. The molecule has 0 N–H and O–H groups in total. The molecule has 140 valence electrons. The van der Waals surface area contributed by atoms with Gasteiger partial charge in [-0.2, -0.15) is 13.2 Å². The van der Waals surface area contributed by atoms with E-state index in [-0.39, 0.29) is 12.0 Å². The summed E-state index contributed by atoms with van der Waals surface area (Å²) in [5.41, 5.74) is 2.03. The number of ether oxygens (including phenoxy) is 2. The van der Waals surface area contributed by atoms with Gasteiger partial charge in [0.1, 0.15) is 0 Å². The van der Waals surface area contributed by atoms with E-state index < -0.39 is 12.8 Å². The van der Waals surface area contributed by atoms with Gasteiger partial charge in [-0.25, -0.2) is 4.98 Å². The number of nitrogens with zero attached hydrogens (tertiary/aromatic N) is 2. The van der Waals surface area contributed by atoms with Crippen molar-refractivity contribution in [1.29, 1.82) is 0 Å². The van der Waals surface area contributed by atoms with Gasteiger partial charge in [0.05, 0.1) is 12.7 Å². The van der Waals surface area contributed by atoms with E-state index in [0.717, 1.165) is 28.7 Å². The van der Waals surface area contributed by atoms with Crippen LogP contribution in [0.4, 0.5) is 13.2 Å². The molecule has 0 amide bonds. The van der Waals surface area contributed by atoms with Crippen LogP contribution in [0.3, 0.4) is 0 Å². The first-order valence-corrected chi connectivity index (χ1v) is 8.92. The third-order valence-corrected chi connectivity index (χ3v) is 4.45. The molecule has 3 rings (SSSR count). The second kappa shape index (κ2) is 8.37. The Kier molecular flexibility index (Phi) is 6.16. The average Bonchev–Trinajstić information content (AvgIpc) is 2.61. The lowest BCUT2D eigenvalue weighted by Crippen LogP contribution is -2.37. The summed E-state index contributed by atoms with van der Waals surface area (Å²) >= 11 is 3.47. The number of benzene rings is 1. The molecule has 0 saturated carbocycles. The number of alkyl halides is 3. The minimum Gasteiger partial charge on any atom is -0.468 e. The Balaban J connectivity index is 1.56. The van der Waals surface area contributed by atoms with E-state index in [9.17, 15) is 13.2 Å². The molecule has 0 aliphatic carbocycles. The van der Waals surface area contributed by atoms with Crippen molar-refractivity contribution < 1.29 is 22.6 Å². The number of rotatable bonds is 5. The van der Waals surface area contributed by atoms with Gasteiger partial charge >= 0.3 is 6.18 Å². The van der Waals surface area contributed by atoms with E-state index in [2.05, 4.69) is 30.6 Å². The predicted molar refractivity (Wildman–Crippen MR) is 93.9 cm³/mol. The van der Waals surface area contributed by atoms with Crippen molar-refractivity contribution >= 4 is 15.9 Å². The molecule has 2 heterocycles. The van der Waals surface area contributed by atoms with Gasteiger partial charge in [0.2, 0.25) is 5.88 Å². The fourth-order valence-corrected chi connectivity index (χ4v) is 3.18. The van der Waals surface area contributed by atoms with Crippen molar-refractivity contribution in [3.05, 3.63) is 58.2 Å². The van der Waals surface area contributed by atoms with Crippen LogP contribution in [0.1, 0.15) is 17.2 Å². The maximum atomic E-state index is 12.2. The van der Waals surface area contributed by atoms with Gasteiger partial charge in [0.25, 0.3) is 0 Å². The van der Waals surface area contributed by atoms with Crippen LogP contribution in [0.25, 0.3) is 0 Å². The third kappa shape index (κ3) is 5.69. The molecule has 1 aliphatic heterocycles. The average molecular weight is 431 g/mol. The van der Waals surface area contributed by atoms with Crippen LogP contribution >= 0.6 is 15.9 Å². The molecule has 1 fully saturated rings. The Labute approximate surface area is 158 Å². The van der Waals surface area contributed by atoms with Crippen molar-refractivity contribution in [2.75, 3.05) is 26.3 Å². The zero-order valence-corrected chi connectivity index (χ0v) is 15.5. The molecule has 8 heteroatoms. The summed E-state index contributed by atoms with van der Waals surface area (Å²) in [7, 11) is 0. The summed E-state index contributed by atoms with van der Waals surface area (Å²) in [5.74, 6) is -0.0277. The number of pyridine rings is 1. The number of aromatic nitrogens is 1. The highest BCUT2D eigenvalue weighted by Crippen LogP contribution is 2.25. The van der Waals surface area contributed by atoms with Gasteiger partial charge in [-0.3, -0.25) is 4.90 Å². The zero-order valence-electron chi connectivity index (χ0n) is 13.9. The number of hydrogen-bond acceptors (Lipinski definition) is 4. The molecule has 0 radical (unpaired) electrons. The Hall–Kier alpha value is -1.64. The van der Waals surface area contributed by atoms with E-state index in [1.54, 1.807) is 12.3 Å². The van der Waals surface area contributed by atoms with Gasteiger partial charge in [0, 0.05) is 36.4 Å². The lowest BCUT2D eigenvalue weighted by molar-refractivity contribution is -0.154. The largest absolute Gasteiger partial charge is 0.468 e. The highest BCUT2D eigenvalue weighted by molar-refractivity contribution is 9.10. The smallest absolute Gasteiger partial charge is 0.422 e. The van der Waals surface area contributed by atoms with E-state index in [0.29, 0.717) is 13.2 Å². The number of hydrogen-bond donors (Lipinski definition) is 0. The van der Waals surface area contributed by atoms with Crippen LogP contribution in [-0.2, 0) is 11.3 Å². The fraction of sp³-hybridized carbons (Fsp3) is 0.389. The molecule has 26 heavy (non-hydrogen) atoms. The van der Waals surface area contributed by atoms with E-state index in [1.807, 2.05) is 24.3 Å². The first kappa shape index (κ1) is 19.1. The highest BCUT2D eigenvalue weighted by Gasteiger charge is 2.28. The molecule has 1 aliphatic rings. The van der Waals surface area contributed by atoms with E-state index in [1.165, 1.54) is 6.07 Å². The predicted octanol–water partition coefficient (Wildman–Crippen LogP) is 4.36. The summed E-state index contributed by atoms with van der Waals surface area (Å²) in [5, 5.41) is 0. The van der Waals surface area contributed by atoms with Crippen molar-refractivity contribution in [3.63, 3.8) is 0 Å². The van der Waals surface area contributed by atoms with Gasteiger partial charge in [-0.15, -0.1) is 0 Å². The zero-order chi connectivity index (χ0) is 18.6. The van der Waals surface area contributed by atoms with Crippen LogP contribution in [0.5, 0.6) is 5.88 Å². The number of morpholine rings is 1. The van der Waals surface area contributed by atoms with E-state index in [4.69, 9.17) is 4.74 Å². The van der Waals surface area contributed by atoms with Crippen molar-refractivity contribution in [1.82, 2.24) is 9.88 Å². The molecule has 0 spiro atoms. The monoisotopic (exact) mass is 430 g/mol. The maximum absolute atomic E-state index is 12.2. The molecule has 1 aromatic carbocycles. The van der Waals surface area contributed by atoms with Crippen molar-refractivity contribution in [2.24, 2.45) is 0 Å². The van der Waals surface area contributed by atoms with Crippen LogP contribution in [-0.4, -0.2) is 42.4 Å². The minimum atomic E-state index is -4.37. The summed E-state index contributed by atoms with van der Waals surface area (Å²) < 4.78 is 48.0. The Bertz CT molecular complexity index is 725. The normalized spacial score (nSPS) is 18.7. The second-order valence-corrected chi connectivity index (χ2v) is 6.97. The van der Waals surface area contributed by atoms with Crippen molar-refractivity contribution in [2.45, 2.75) is 18.8 Å². The molecule has 1 atom stereocenters. The van der Waals surface area contributed by atoms with Gasteiger partial charge in [0.15, 0.2) is 6.61 Å². The molecule has 0 bridgehead atoms. The molecule has 4 nitrogen and oxygen atoms in total. The minimum absolute atomic E-state index is 0.0106. The maximum Gasteiger partial charge on any atom is 0.422 e. The number of halogens is 4. The lowest BCUT2D eigenvalue weighted by atomic mass is 10.1. The van der Waals surface area contributed by atoms with Crippen LogP contribution in [0, 0.1) is 0 Å². The van der Waals surface area contributed by atoms with Crippen molar-refractivity contribution in [3.8, 4) is 5.88 Å². The Morgan fingerprint density at radius 3 is 2.81 bits per heavy atom. The first-order valence-electron chi connectivity index (χ1n) is 8.13. The SMILES string of the molecule is FC(F)(F)COc1ccc(CN2CCO[C@@H](c3cccc(Br)c3)C2)cn1. The second-order valence-electron chi connectivity index (χ2n) is 6.06. The molecule has 1 aromatic heterocycles. The summed E-state index contributed by atoms with van der Waals surface area (Å²) in [6, 6.07) is 11.2. The standard InChI is InChI=1S/C18H18BrF3N2O2/c19-15-3-1-2-14(8-15)16-11-24(6-7-25-16)10-13-4-5-17(23-9-13)26-12-18(20,21)22/h1-5,8-9,16H,6-7,10-12H2/t16-/m1/s1. The van der Waals surface area contributed by atoms with E-state index >= 15 is 0 Å². The first-order chi connectivity index (χ1) is 12.4. The van der Waals surface area contributed by atoms with Gasteiger partial charge in [-0.05, 0) is 23.3 Å². The Morgan fingerprint density at radius 2 is 2.12 bits per heavy atom. The van der Waals surface area contributed by atoms with Gasteiger partial charge < -0.3 is 9.47 Å². The summed E-state index contributed by atoms with van der Waals surface area (Å²) in [6.45, 7) is 1.47.